The number of aromatic nitrogens is 3. The van der Waals surface area contributed by atoms with Crippen LogP contribution < -0.4 is 15.1 Å². The summed E-state index contributed by atoms with van der Waals surface area (Å²) in [7, 11) is -2.90. The number of carbonyl (C=O) groups excluding carboxylic acids is 2. The first-order valence-corrected chi connectivity index (χ1v) is 19.7. The van der Waals surface area contributed by atoms with Gasteiger partial charge in [-0.25, -0.2) is 0 Å². The minimum atomic E-state index is -2.90. The number of hydrogen-bond acceptors (Lipinski definition) is 8. The summed E-state index contributed by atoms with van der Waals surface area (Å²) in [6.45, 7) is 7.66. The lowest BCUT2D eigenvalue weighted by Gasteiger charge is -2.33. The highest BCUT2D eigenvalue weighted by Gasteiger charge is 2.66. The van der Waals surface area contributed by atoms with E-state index in [9.17, 15) is 19.5 Å². The van der Waals surface area contributed by atoms with Crippen LogP contribution in [0.2, 0.25) is 18.6 Å². The predicted octanol–water partition coefficient (Wildman–Crippen LogP) is 3.90. The Bertz CT molecular complexity index is 1800. The zero-order chi connectivity index (χ0) is 33.6. The van der Waals surface area contributed by atoms with E-state index >= 15 is 0 Å². The van der Waals surface area contributed by atoms with Crippen molar-refractivity contribution in [3.05, 3.63) is 102 Å². The third kappa shape index (κ3) is 5.47. The Kier molecular flexibility index (Phi) is 8.54. The van der Waals surface area contributed by atoms with Crippen LogP contribution in [0.25, 0.3) is 0 Å². The van der Waals surface area contributed by atoms with Crippen molar-refractivity contribution in [3.8, 4) is 0 Å². The molecule has 48 heavy (non-hydrogen) atoms. The topological polar surface area (TPSA) is 133 Å². The van der Waals surface area contributed by atoms with Crippen molar-refractivity contribution < 1.29 is 24.2 Å². The molecule has 2 fully saturated rings. The number of nitrogens with one attached hydrogen (secondary N) is 1. The quantitative estimate of drug-likeness (QED) is 0.229. The SMILES string of the molecule is C[C@@H]1[C@@H]([Si](C)(C)O)[C@H](CCn2cc(C(CO)c3ccccc3)nn2)O[C@@]12C(=O)N(c1ccccc1)c1ccc(N3CCNCC3=O)cc12. The van der Waals surface area contributed by atoms with Crippen molar-refractivity contribution in [3.63, 3.8) is 0 Å². The second-order valence-electron chi connectivity index (χ2n) is 13.6. The number of aryl methyl sites for hydroxylation is 1. The predicted molar refractivity (Wildman–Crippen MR) is 184 cm³/mol. The maximum Gasteiger partial charge on any atom is 0.268 e. The normalized spacial score (nSPS) is 24.8. The lowest BCUT2D eigenvalue weighted by molar-refractivity contribution is -0.145. The smallest absolute Gasteiger partial charge is 0.268 e. The number of ether oxygens (including phenoxy) is 1. The second-order valence-corrected chi connectivity index (χ2v) is 17.6. The van der Waals surface area contributed by atoms with Gasteiger partial charge in [-0.1, -0.05) is 60.7 Å². The number of aliphatic hydroxyl groups is 1. The molecule has 250 valence electrons. The number of amides is 2. The minimum absolute atomic E-state index is 0.0255. The van der Waals surface area contributed by atoms with Gasteiger partial charge in [0.15, 0.2) is 13.9 Å². The fourth-order valence-electron chi connectivity index (χ4n) is 8.04. The summed E-state index contributed by atoms with van der Waals surface area (Å²) in [5.41, 5.74) is 2.89. The van der Waals surface area contributed by atoms with Crippen LogP contribution in [0.15, 0.2) is 85.1 Å². The molecule has 2 amide bonds. The molecule has 5 atom stereocenters. The molecular weight excluding hydrogens is 625 g/mol. The Morgan fingerprint density at radius 3 is 2.46 bits per heavy atom. The molecule has 1 aromatic heterocycles. The van der Waals surface area contributed by atoms with E-state index in [1.807, 2.05) is 105 Å². The number of piperazine rings is 1. The molecule has 11 nitrogen and oxygen atoms in total. The highest BCUT2D eigenvalue weighted by Crippen LogP contribution is 2.61. The van der Waals surface area contributed by atoms with E-state index in [4.69, 9.17) is 4.74 Å². The zero-order valence-electron chi connectivity index (χ0n) is 27.5. The lowest BCUT2D eigenvalue weighted by atomic mass is 9.82. The fraction of sp³-hybridized carbons (Fsp3) is 0.389. The molecule has 1 spiro atoms. The highest BCUT2D eigenvalue weighted by molar-refractivity contribution is 6.71. The summed E-state index contributed by atoms with van der Waals surface area (Å²) in [4.78, 5) is 43.0. The van der Waals surface area contributed by atoms with E-state index in [-0.39, 0.29) is 42.3 Å². The molecule has 2 saturated heterocycles. The van der Waals surface area contributed by atoms with Crippen LogP contribution in [0.4, 0.5) is 17.1 Å². The molecule has 1 unspecified atom stereocenters. The molecule has 3 N–H and O–H groups in total. The van der Waals surface area contributed by atoms with Crippen molar-refractivity contribution in [1.82, 2.24) is 20.3 Å². The van der Waals surface area contributed by atoms with E-state index in [2.05, 4.69) is 15.6 Å². The third-order valence-electron chi connectivity index (χ3n) is 10.2. The van der Waals surface area contributed by atoms with E-state index in [0.29, 0.717) is 31.7 Å². The van der Waals surface area contributed by atoms with Gasteiger partial charge in [-0.15, -0.1) is 5.10 Å². The number of rotatable bonds is 9. The largest absolute Gasteiger partial charge is 0.432 e. The van der Waals surface area contributed by atoms with Crippen molar-refractivity contribution in [2.45, 2.75) is 56.1 Å². The summed E-state index contributed by atoms with van der Waals surface area (Å²) in [6, 6.07) is 25.0. The minimum Gasteiger partial charge on any atom is -0.432 e. The van der Waals surface area contributed by atoms with E-state index < -0.39 is 20.0 Å². The molecule has 3 aliphatic heterocycles. The fourth-order valence-corrected chi connectivity index (χ4v) is 10.6. The number of anilines is 3. The first-order chi connectivity index (χ1) is 23.1. The first-order valence-electron chi connectivity index (χ1n) is 16.6. The van der Waals surface area contributed by atoms with Crippen molar-refractivity contribution in [2.24, 2.45) is 5.92 Å². The van der Waals surface area contributed by atoms with Crippen LogP contribution in [-0.2, 0) is 26.5 Å². The molecule has 4 heterocycles. The van der Waals surface area contributed by atoms with Crippen LogP contribution in [0.5, 0.6) is 0 Å². The second kappa shape index (κ2) is 12.7. The maximum atomic E-state index is 14.9. The van der Waals surface area contributed by atoms with Crippen LogP contribution in [0.1, 0.15) is 36.1 Å². The molecule has 12 heteroatoms. The Hall–Kier alpha value is -4.20. The summed E-state index contributed by atoms with van der Waals surface area (Å²) in [5, 5.41) is 22.0. The summed E-state index contributed by atoms with van der Waals surface area (Å²) in [5.74, 6) is -0.869. The Morgan fingerprint density at radius 2 is 1.77 bits per heavy atom. The number of fused-ring (bicyclic) bond motifs is 2. The van der Waals surface area contributed by atoms with Gasteiger partial charge in [-0.05, 0) is 55.4 Å². The summed E-state index contributed by atoms with van der Waals surface area (Å²) in [6.07, 6.45) is 1.90. The van der Waals surface area contributed by atoms with Gasteiger partial charge in [-0.2, -0.15) is 0 Å². The Morgan fingerprint density at radius 1 is 1.04 bits per heavy atom. The average molecular weight is 667 g/mol. The number of benzene rings is 3. The number of carbonyl (C=O) groups is 2. The molecule has 3 aliphatic rings. The number of aliphatic hydroxyl groups excluding tert-OH is 1. The Balaban J connectivity index is 1.24. The van der Waals surface area contributed by atoms with Crippen LogP contribution >= 0.6 is 0 Å². The number of para-hydroxylation sites is 1. The molecule has 0 aliphatic carbocycles. The van der Waals surface area contributed by atoms with Gasteiger partial charge in [0, 0.05) is 54.2 Å². The van der Waals surface area contributed by atoms with Gasteiger partial charge in [-0.3, -0.25) is 19.2 Å². The molecular formula is C36H42N6O5Si. The average Bonchev–Trinajstić information content (AvgIpc) is 3.74. The van der Waals surface area contributed by atoms with Gasteiger partial charge >= 0.3 is 0 Å². The molecule has 4 aromatic rings. The van der Waals surface area contributed by atoms with Crippen LogP contribution in [0, 0.1) is 5.92 Å². The van der Waals surface area contributed by atoms with Gasteiger partial charge in [0.05, 0.1) is 36.6 Å². The van der Waals surface area contributed by atoms with E-state index in [0.717, 1.165) is 28.2 Å². The maximum absolute atomic E-state index is 14.9. The van der Waals surface area contributed by atoms with Gasteiger partial charge in [0.1, 0.15) is 0 Å². The molecule has 0 radical (unpaired) electrons. The van der Waals surface area contributed by atoms with Crippen molar-refractivity contribution in [2.75, 3.05) is 36.0 Å². The third-order valence-corrected chi connectivity index (χ3v) is 12.7. The Labute approximate surface area is 281 Å². The summed E-state index contributed by atoms with van der Waals surface area (Å²) < 4.78 is 8.80. The van der Waals surface area contributed by atoms with Crippen LogP contribution in [0.3, 0.4) is 0 Å². The molecule has 7 rings (SSSR count). The van der Waals surface area contributed by atoms with Crippen molar-refractivity contribution in [1.29, 1.82) is 0 Å². The molecule has 3 aromatic carbocycles. The van der Waals surface area contributed by atoms with Gasteiger partial charge in [0.25, 0.3) is 5.91 Å². The van der Waals surface area contributed by atoms with Crippen molar-refractivity contribution >= 4 is 37.2 Å². The number of hydrogen-bond donors (Lipinski definition) is 3. The monoisotopic (exact) mass is 666 g/mol. The molecule has 0 saturated carbocycles. The molecule has 0 bridgehead atoms. The zero-order valence-corrected chi connectivity index (χ0v) is 28.5. The summed E-state index contributed by atoms with van der Waals surface area (Å²) >= 11 is 0. The van der Waals surface area contributed by atoms with Gasteiger partial charge in [0.2, 0.25) is 5.91 Å². The van der Waals surface area contributed by atoms with E-state index in [1.165, 1.54) is 0 Å². The standard InChI is InChI=1S/C36H42N6O5Si/c1-24-34(48(2,3)46)32(16-18-40-22-30(38-39-40)28(23-43)25-10-6-4-7-11-25)47-36(24)29-20-27(41-19-17-37-21-33(41)44)14-15-31(29)42(35(36)45)26-12-8-5-9-13-26/h4-15,20,22,24,28,32,34,37,43,46H,16-19,21,23H2,1-3H3/t24-,28?,32+,34-,36+/m1/s1. The highest BCUT2D eigenvalue weighted by atomic mass is 28.4. The van der Waals surface area contributed by atoms with E-state index in [1.54, 1.807) is 14.5 Å². The van der Waals surface area contributed by atoms with Gasteiger partial charge < -0.3 is 24.9 Å². The first kappa shape index (κ1) is 32.3. The number of nitrogens with zero attached hydrogens (tertiary/aromatic N) is 5. The lowest BCUT2D eigenvalue weighted by Crippen LogP contribution is -2.48. The van der Waals surface area contributed by atoms with Crippen LogP contribution in [-0.4, -0.2) is 77.4 Å².